The van der Waals surface area contributed by atoms with Gasteiger partial charge in [-0.15, -0.1) is 0 Å². The summed E-state index contributed by atoms with van der Waals surface area (Å²) in [5.41, 5.74) is 5.52. The van der Waals surface area contributed by atoms with Crippen molar-refractivity contribution in [2.75, 3.05) is 10.3 Å². The number of nitrogens with two attached hydrogens (primary N) is 2. The van der Waals surface area contributed by atoms with E-state index in [0.717, 1.165) is 33.7 Å². The molecule has 1 unspecified atom stereocenters. The number of nitrogens with zero attached hydrogens (tertiary/aromatic N) is 3. The Balaban J connectivity index is 1.69. The molecule has 0 aliphatic rings. The highest BCUT2D eigenvalue weighted by molar-refractivity contribution is 6.31. The van der Waals surface area contributed by atoms with Gasteiger partial charge >= 0.3 is 5.97 Å². The maximum absolute atomic E-state index is 15.3. The number of rotatable bonds is 9. The molecule has 0 saturated heterocycles. The highest BCUT2D eigenvalue weighted by atomic mass is 35.5. The molecule has 0 radical (unpaired) electrons. The molecule has 5 N–H and O–H groups in total. The summed E-state index contributed by atoms with van der Waals surface area (Å²) < 4.78 is 21.9. The van der Waals surface area contributed by atoms with Gasteiger partial charge in [0.15, 0.2) is 5.82 Å². The van der Waals surface area contributed by atoms with Crippen LogP contribution in [0.3, 0.4) is 0 Å². The van der Waals surface area contributed by atoms with Gasteiger partial charge in [0.05, 0.1) is 40.1 Å². The lowest BCUT2D eigenvalue weighted by atomic mass is 10.0. The van der Waals surface area contributed by atoms with Gasteiger partial charge in [0.1, 0.15) is 16.8 Å². The van der Waals surface area contributed by atoms with Crippen molar-refractivity contribution in [3.63, 3.8) is 0 Å². The lowest BCUT2D eigenvalue weighted by molar-refractivity contribution is -0.119. The van der Waals surface area contributed by atoms with Gasteiger partial charge in [0.2, 0.25) is 5.91 Å². The van der Waals surface area contributed by atoms with E-state index in [9.17, 15) is 14.4 Å². The third kappa shape index (κ3) is 8.48. The van der Waals surface area contributed by atoms with Crippen molar-refractivity contribution in [1.82, 2.24) is 9.55 Å². The maximum Gasteiger partial charge on any atom is 0.338 e. The first-order valence-electron chi connectivity index (χ1n) is 13.6. The van der Waals surface area contributed by atoms with Gasteiger partial charge in [0.25, 0.3) is 5.56 Å². The predicted molar refractivity (Wildman–Crippen MR) is 173 cm³/mol. The van der Waals surface area contributed by atoms with Crippen molar-refractivity contribution in [3.8, 4) is 11.3 Å². The number of hydrogen-bond acceptors (Lipinski definition) is 8. The Morgan fingerprint density at radius 2 is 1.78 bits per heavy atom. The summed E-state index contributed by atoms with van der Waals surface area (Å²) in [5, 5.41) is 3.38. The van der Waals surface area contributed by atoms with E-state index in [1.807, 2.05) is 30.3 Å². The summed E-state index contributed by atoms with van der Waals surface area (Å²) in [6.07, 6.45) is 2.44. The van der Waals surface area contributed by atoms with Crippen LogP contribution in [0.4, 0.5) is 15.8 Å². The number of esters is 1. The van der Waals surface area contributed by atoms with Crippen molar-refractivity contribution < 1.29 is 18.7 Å². The molecule has 0 spiro atoms. The van der Waals surface area contributed by atoms with Crippen LogP contribution in [-0.4, -0.2) is 27.0 Å². The molecule has 1 heterocycles. The van der Waals surface area contributed by atoms with E-state index in [4.69, 9.17) is 39.5 Å². The first-order chi connectivity index (χ1) is 21.2. The van der Waals surface area contributed by atoms with Crippen LogP contribution in [-0.2, 0) is 16.0 Å². The predicted octanol–water partition coefficient (Wildman–Crippen LogP) is 5.76. The number of hydrogen-bond donors (Lipinski definition) is 3. The van der Waals surface area contributed by atoms with Crippen LogP contribution < -0.4 is 27.5 Å². The quantitative estimate of drug-likeness (QED) is 0.0896. The Hall–Kier alpha value is -4.71. The minimum absolute atomic E-state index is 0.0820. The molecule has 4 rings (SSSR count). The molecule has 1 atom stereocenters. The number of carbonyl (C=O) groups is 2. The van der Waals surface area contributed by atoms with E-state index in [1.54, 1.807) is 32.9 Å². The van der Waals surface area contributed by atoms with Gasteiger partial charge in [0, 0.05) is 18.2 Å². The zero-order chi connectivity index (χ0) is 32.9. The number of anilines is 2. The number of halogens is 3. The number of amides is 1. The number of aromatic nitrogens is 2. The van der Waals surface area contributed by atoms with Crippen LogP contribution in [0.15, 0.2) is 95.3 Å². The maximum atomic E-state index is 15.3. The normalized spacial score (nSPS) is 12.4. The van der Waals surface area contributed by atoms with Crippen molar-refractivity contribution in [3.05, 3.63) is 123 Å². The molecular formula is C32H31Cl2FN6O4. The Morgan fingerprint density at radius 3 is 2.38 bits per heavy atom. The summed E-state index contributed by atoms with van der Waals surface area (Å²) in [5.74, 6) is 4.12. The summed E-state index contributed by atoms with van der Waals surface area (Å²) in [4.78, 5) is 43.9. The van der Waals surface area contributed by atoms with Gasteiger partial charge in [-0.2, -0.15) is 0 Å². The molecule has 45 heavy (non-hydrogen) atoms. The molecule has 10 nitrogen and oxygen atoms in total. The minimum atomic E-state index is -1.05. The van der Waals surface area contributed by atoms with E-state index < -0.39 is 34.9 Å². The second-order valence-electron chi connectivity index (χ2n) is 11.0. The molecule has 0 bridgehead atoms. The fourth-order valence-electron chi connectivity index (χ4n) is 4.39. The molecular weight excluding hydrogens is 622 g/mol. The molecule has 3 aromatic carbocycles. The van der Waals surface area contributed by atoms with Crippen LogP contribution in [0.2, 0.25) is 5.02 Å². The summed E-state index contributed by atoms with van der Waals surface area (Å²) in [7, 11) is 0. The molecule has 234 valence electrons. The van der Waals surface area contributed by atoms with E-state index >= 15 is 4.39 Å². The largest absolute Gasteiger partial charge is 0.456 e. The fraction of sp³-hybridized carbons (Fsp3) is 0.188. The SMILES string of the molecule is CC(C)(C)OC(=O)c1ccc(NC(=O)C(Cc2ccccc2)n2cnc(-c3c(N(N)/C=C(\N)Cl)ccc(Cl)c3F)cc2=O)cc1. The Kier molecular flexibility index (Phi) is 10.3. The zero-order valence-electron chi connectivity index (χ0n) is 24.6. The average molecular weight is 654 g/mol. The lowest BCUT2D eigenvalue weighted by Crippen LogP contribution is -2.35. The zero-order valence-corrected chi connectivity index (χ0v) is 26.1. The molecule has 1 amide bonds. The smallest absolute Gasteiger partial charge is 0.338 e. The second kappa shape index (κ2) is 13.9. The van der Waals surface area contributed by atoms with E-state index in [1.165, 1.54) is 24.3 Å². The van der Waals surface area contributed by atoms with E-state index in [0.29, 0.717) is 11.3 Å². The average Bonchev–Trinajstić information content (AvgIpc) is 2.97. The van der Waals surface area contributed by atoms with Crippen LogP contribution in [0.5, 0.6) is 0 Å². The molecule has 0 fully saturated rings. The first-order valence-corrected chi connectivity index (χ1v) is 14.4. The van der Waals surface area contributed by atoms with Gasteiger partial charge < -0.3 is 15.8 Å². The second-order valence-corrected chi connectivity index (χ2v) is 11.8. The molecule has 1 aromatic heterocycles. The van der Waals surface area contributed by atoms with Gasteiger partial charge in [-0.25, -0.2) is 20.0 Å². The van der Waals surface area contributed by atoms with E-state index in [2.05, 4.69) is 10.3 Å². The van der Waals surface area contributed by atoms with Crippen LogP contribution in [0, 0.1) is 5.82 Å². The number of carbonyl (C=O) groups excluding carboxylic acids is 2. The number of benzene rings is 3. The molecule has 13 heteroatoms. The monoisotopic (exact) mass is 652 g/mol. The van der Waals surface area contributed by atoms with E-state index in [-0.39, 0.29) is 33.5 Å². The van der Waals surface area contributed by atoms with Gasteiger partial charge in [-0.1, -0.05) is 53.5 Å². The van der Waals surface area contributed by atoms with Crippen LogP contribution in [0.1, 0.15) is 42.7 Å². The third-order valence-electron chi connectivity index (χ3n) is 6.40. The van der Waals surface area contributed by atoms with Crippen molar-refractivity contribution >= 4 is 46.5 Å². The van der Waals surface area contributed by atoms with Crippen LogP contribution >= 0.6 is 23.2 Å². The molecule has 0 aliphatic carbocycles. The molecule has 4 aromatic rings. The summed E-state index contributed by atoms with van der Waals surface area (Å²) in [6, 6.07) is 18.0. The number of hydrazine groups is 1. The highest BCUT2D eigenvalue weighted by Crippen LogP contribution is 2.35. The summed E-state index contributed by atoms with van der Waals surface area (Å²) in [6.45, 7) is 5.30. The standard InChI is InChI=1S/C32H31Cl2FN6O4/c1-32(2,3)45-31(44)20-9-11-21(12-10-20)39-30(43)25(15-19-7-5-4-6-8-19)40-18-38-23(16-27(40)42)28-24(41(37)17-26(34)36)14-13-22(33)29(28)35/h4-14,16-18,25H,15,36-37H2,1-3H3,(H,39,43)/b26-17-. The minimum Gasteiger partial charge on any atom is -0.456 e. The van der Waals surface area contributed by atoms with Gasteiger partial charge in [-0.3, -0.25) is 19.2 Å². The fourth-order valence-corrected chi connectivity index (χ4v) is 4.65. The number of ether oxygens (including phenoxy) is 1. The Morgan fingerprint density at radius 1 is 1.11 bits per heavy atom. The first kappa shape index (κ1) is 33.2. The Labute approximate surface area is 269 Å². The lowest BCUT2D eigenvalue weighted by Gasteiger charge is -2.21. The van der Waals surface area contributed by atoms with Crippen molar-refractivity contribution in [1.29, 1.82) is 0 Å². The molecule has 0 aliphatic heterocycles. The van der Waals surface area contributed by atoms with Crippen molar-refractivity contribution in [2.24, 2.45) is 11.6 Å². The van der Waals surface area contributed by atoms with Crippen molar-refractivity contribution in [2.45, 2.75) is 38.8 Å². The van der Waals surface area contributed by atoms with Crippen LogP contribution in [0.25, 0.3) is 11.3 Å². The topological polar surface area (TPSA) is 146 Å². The number of nitrogens with one attached hydrogen (secondary N) is 1. The highest BCUT2D eigenvalue weighted by Gasteiger charge is 2.25. The third-order valence-corrected chi connectivity index (χ3v) is 6.79. The molecule has 0 saturated carbocycles. The Bertz CT molecular complexity index is 1790. The van der Waals surface area contributed by atoms with Gasteiger partial charge in [-0.05, 0) is 62.7 Å². The summed E-state index contributed by atoms with van der Waals surface area (Å²) >= 11 is 11.8.